The summed E-state index contributed by atoms with van der Waals surface area (Å²) in [5.74, 6) is -2.31. The average molecular weight is 369 g/mol. The van der Waals surface area contributed by atoms with Crippen molar-refractivity contribution in [1.82, 2.24) is 9.21 Å². The molecule has 10 heteroatoms. The first-order chi connectivity index (χ1) is 9.07. The van der Waals surface area contributed by atoms with Gasteiger partial charge in [-0.3, -0.25) is 4.79 Å². The van der Waals surface area contributed by atoms with E-state index < -0.39 is 27.7 Å². The zero-order valence-corrected chi connectivity index (χ0v) is 13.4. The molecule has 1 aromatic rings. The quantitative estimate of drug-likeness (QED) is 0.807. The second-order valence-electron chi connectivity index (χ2n) is 4.10. The van der Waals surface area contributed by atoms with Gasteiger partial charge in [-0.2, -0.15) is 4.31 Å². The number of hydrogen-bond donors (Lipinski definition) is 1. The number of halogens is 1. The molecule has 0 spiro atoms. The lowest BCUT2D eigenvalue weighted by atomic mass is 10.5. The van der Waals surface area contributed by atoms with Crippen LogP contribution in [0.5, 0.6) is 0 Å². The van der Waals surface area contributed by atoms with E-state index in [1.807, 2.05) is 0 Å². The van der Waals surface area contributed by atoms with Crippen molar-refractivity contribution in [2.45, 2.75) is 4.90 Å². The summed E-state index contributed by atoms with van der Waals surface area (Å²) >= 11 is 2.85. The maximum absolute atomic E-state index is 12.2. The van der Waals surface area contributed by atoms with Gasteiger partial charge in [0.1, 0.15) is 4.90 Å². The Morgan fingerprint density at radius 2 is 1.90 bits per heavy atom. The van der Waals surface area contributed by atoms with Gasteiger partial charge >= 0.3 is 5.97 Å². The normalized spacial score (nSPS) is 11.7. The van der Waals surface area contributed by atoms with Crippen molar-refractivity contribution in [1.29, 1.82) is 0 Å². The molecule has 0 aliphatic heterocycles. The van der Waals surface area contributed by atoms with E-state index in [4.69, 9.17) is 9.52 Å². The van der Waals surface area contributed by atoms with Gasteiger partial charge in [0, 0.05) is 27.2 Å². The zero-order valence-electron chi connectivity index (χ0n) is 11.0. The van der Waals surface area contributed by atoms with Crippen molar-refractivity contribution >= 4 is 37.8 Å². The summed E-state index contributed by atoms with van der Waals surface area (Å²) in [7, 11) is 0.188. The molecule has 0 radical (unpaired) electrons. The number of aromatic carboxylic acids is 1. The van der Waals surface area contributed by atoms with Gasteiger partial charge in [-0.15, -0.1) is 0 Å². The molecule has 0 aliphatic rings. The van der Waals surface area contributed by atoms with Gasteiger partial charge in [0.05, 0.1) is 6.54 Å². The first-order valence-corrected chi connectivity index (χ1v) is 7.49. The molecule has 0 bridgehead atoms. The molecule has 0 atom stereocenters. The molecule has 0 aromatic carbocycles. The number of carboxylic acid groups (broad SMARTS) is 1. The van der Waals surface area contributed by atoms with E-state index in [9.17, 15) is 18.0 Å². The predicted molar refractivity (Wildman–Crippen MR) is 71.9 cm³/mol. The van der Waals surface area contributed by atoms with E-state index >= 15 is 0 Å². The van der Waals surface area contributed by atoms with E-state index in [0.717, 1.165) is 10.4 Å². The molecule has 0 unspecified atom stereocenters. The first kappa shape index (κ1) is 16.7. The summed E-state index contributed by atoms with van der Waals surface area (Å²) in [6.45, 7) is -0.366. The highest BCUT2D eigenvalue weighted by molar-refractivity contribution is 9.10. The van der Waals surface area contributed by atoms with E-state index in [2.05, 4.69) is 15.9 Å². The van der Waals surface area contributed by atoms with Crippen molar-refractivity contribution in [3.05, 3.63) is 16.5 Å². The molecular formula is C10H13BrN2O6S. The maximum atomic E-state index is 12.2. The lowest BCUT2D eigenvalue weighted by Gasteiger charge is -2.18. The minimum absolute atomic E-state index is 0.223. The predicted octanol–water partition coefficient (Wildman–Crippen LogP) is 0.449. The van der Waals surface area contributed by atoms with Crippen LogP contribution in [0.4, 0.5) is 0 Å². The summed E-state index contributed by atoms with van der Waals surface area (Å²) in [5, 5.41) is 8.76. The monoisotopic (exact) mass is 368 g/mol. The summed E-state index contributed by atoms with van der Waals surface area (Å²) in [6, 6.07) is 0.887. The molecule has 1 rings (SSSR count). The molecule has 8 nitrogen and oxygen atoms in total. The molecule has 1 N–H and O–H groups in total. The van der Waals surface area contributed by atoms with Crippen LogP contribution in [0.2, 0.25) is 0 Å². The minimum Gasteiger partial charge on any atom is -0.475 e. The SMILES string of the molecule is CN(C)C(=O)CN(C)S(=O)(=O)c1cc(C(=O)O)oc1Br. The molecule has 1 amide bonds. The topological polar surface area (TPSA) is 108 Å². The standard InChI is InChI=1S/C10H13BrN2O6S/c1-12(2)8(14)5-13(3)20(17,18)7-4-6(10(15)16)19-9(7)11/h4H,5H2,1-3H3,(H,15,16). The Hall–Kier alpha value is -1.39. The Morgan fingerprint density at radius 3 is 2.30 bits per heavy atom. The van der Waals surface area contributed by atoms with Crippen molar-refractivity contribution < 1.29 is 27.5 Å². The Bertz CT molecular complexity index is 636. The molecule has 1 aromatic heterocycles. The zero-order chi connectivity index (χ0) is 15.7. The molecule has 0 saturated heterocycles. The lowest BCUT2D eigenvalue weighted by molar-refractivity contribution is -0.128. The van der Waals surface area contributed by atoms with Gasteiger partial charge < -0.3 is 14.4 Å². The first-order valence-electron chi connectivity index (χ1n) is 5.26. The molecule has 0 aliphatic carbocycles. The summed E-state index contributed by atoms with van der Waals surface area (Å²) in [6.07, 6.45) is 0. The summed E-state index contributed by atoms with van der Waals surface area (Å²) in [4.78, 5) is 23.2. The molecule has 0 fully saturated rings. The number of amides is 1. The Labute approximate surface area is 124 Å². The van der Waals surface area contributed by atoms with Crippen molar-refractivity contribution in [2.75, 3.05) is 27.7 Å². The van der Waals surface area contributed by atoms with Gasteiger partial charge in [-0.05, 0) is 15.9 Å². The lowest BCUT2D eigenvalue weighted by Crippen LogP contribution is -2.37. The van der Waals surface area contributed by atoms with Gasteiger partial charge in [0.2, 0.25) is 21.7 Å². The van der Waals surface area contributed by atoms with Crippen molar-refractivity contribution in [3.63, 3.8) is 0 Å². The fraction of sp³-hybridized carbons (Fsp3) is 0.400. The maximum Gasteiger partial charge on any atom is 0.371 e. The average Bonchev–Trinajstić information content (AvgIpc) is 2.71. The second-order valence-corrected chi connectivity index (χ2v) is 6.84. The highest BCUT2D eigenvalue weighted by Crippen LogP contribution is 2.28. The highest BCUT2D eigenvalue weighted by atomic mass is 79.9. The number of nitrogens with zero attached hydrogens (tertiary/aromatic N) is 2. The van der Waals surface area contributed by atoms with Crippen molar-refractivity contribution in [3.8, 4) is 0 Å². The number of hydrogen-bond acceptors (Lipinski definition) is 5. The second kappa shape index (κ2) is 5.94. The number of furan rings is 1. The van der Waals surface area contributed by atoms with Crippen LogP contribution in [0.15, 0.2) is 20.0 Å². The van der Waals surface area contributed by atoms with Crippen LogP contribution in [0.3, 0.4) is 0 Å². The molecule has 20 heavy (non-hydrogen) atoms. The fourth-order valence-corrected chi connectivity index (χ4v) is 3.24. The van der Waals surface area contributed by atoms with Gasteiger partial charge in [0.15, 0.2) is 4.67 Å². The van der Waals surface area contributed by atoms with Crippen molar-refractivity contribution in [2.24, 2.45) is 0 Å². The highest BCUT2D eigenvalue weighted by Gasteiger charge is 2.30. The van der Waals surface area contributed by atoms with Crippen LogP contribution in [-0.4, -0.2) is 62.3 Å². The number of likely N-dealkylation sites (N-methyl/N-ethyl adjacent to an activating group) is 2. The molecular weight excluding hydrogens is 356 g/mol. The minimum atomic E-state index is -4.03. The largest absolute Gasteiger partial charge is 0.475 e. The smallest absolute Gasteiger partial charge is 0.371 e. The summed E-state index contributed by atoms with van der Waals surface area (Å²) < 4.78 is 29.8. The van der Waals surface area contributed by atoms with Crippen LogP contribution in [0.1, 0.15) is 10.6 Å². The number of carbonyl (C=O) groups excluding carboxylic acids is 1. The third kappa shape index (κ3) is 3.38. The molecule has 112 valence electrons. The van der Waals surface area contributed by atoms with Gasteiger partial charge in [-0.25, -0.2) is 13.2 Å². The third-order valence-corrected chi connectivity index (χ3v) is 5.07. The number of carboxylic acids is 1. The van der Waals surface area contributed by atoms with Crippen LogP contribution >= 0.6 is 15.9 Å². The van der Waals surface area contributed by atoms with E-state index in [-0.39, 0.29) is 16.1 Å². The van der Waals surface area contributed by atoms with E-state index in [1.54, 1.807) is 0 Å². The van der Waals surface area contributed by atoms with Crippen LogP contribution in [0.25, 0.3) is 0 Å². The van der Waals surface area contributed by atoms with E-state index in [0.29, 0.717) is 0 Å². The Kier molecular flexibility index (Phi) is 4.95. The third-order valence-electron chi connectivity index (χ3n) is 2.41. The number of carbonyl (C=O) groups is 2. The van der Waals surface area contributed by atoms with Crippen LogP contribution in [-0.2, 0) is 14.8 Å². The molecule has 0 saturated carbocycles. The number of sulfonamides is 1. The van der Waals surface area contributed by atoms with E-state index in [1.165, 1.54) is 26.0 Å². The van der Waals surface area contributed by atoms with Crippen LogP contribution in [0, 0.1) is 0 Å². The Morgan fingerprint density at radius 1 is 1.35 bits per heavy atom. The van der Waals surface area contributed by atoms with Gasteiger partial charge in [-0.1, -0.05) is 0 Å². The fourth-order valence-electron chi connectivity index (χ4n) is 1.22. The van der Waals surface area contributed by atoms with Gasteiger partial charge in [0.25, 0.3) is 0 Å². The number of rotatable bonds is 5. The summed E-state index contributed by atoms with van der Waals surface area (Å²) in [5.41, 5.74) is 0. The van der Waals surface area contributed by atoms with Crippen LogP contribution < -0.4 is 0 Å². The Balaban J connectivity index is 3.10. The molecule has 1 heterocycles.